The van der Waals surface area contributed by atoms with Gasteiger partial charge in [0.15, 0.2) is 5.16 Å². The number of methoxy groups -OCH3 is 1. The number of nitrogens with zero attached hydrogens (tertiary/aromatic N) is 3. The standard InChI is InChI=1S/C11H17N3O3S/c1-7(17-2)5-14-10(8-3-4-8)12-13-11(14)18-6-9(15)16/h7-8H,3-6H2,1-2H3,(H,15,16). The van der Waals surface area contributed by atoms with Crippen molar-refractivity contribution in [2.75, 3.05) is 12.9 Å². The second-order valence-corrected chi connectivity index (χ2v) is 5.40. The van der Waals surface area contributed by atoms with Crippen molar-refractivity contribution in [3.63, 3.8) is 0 Å². The van der Waals surface area contributed by atoms with Gasteiger partial charge in [0.1, 0.15) is 5.82 Å². The average molecular weight is 271 g/mol. The molecule has 0 saturated heterocycles. The van der Waals surface area contributed by atoms with Gasteiger partial charge in [-0.05, 0) is 19.8 Å². The highest BCUT2D eigenvalue weighted by molar-refractivity contribution is 7.99. The van der Waals surface area contributed by atoms with Crippen LogP contribution in [0.25, 0.3) is 0 Å². The van der Waals surface area contributed by atoms with E-state index >= 15 is 0 Å². The predicted molar refractivity (Wildman–Crippen MR) is 66.8 cm³/mol. The number of rotatable bonds is 7. The summed E-state index contributed by atoms with van der Waals surface area (Å²) in [5, 5.41) is 17.7. The summed E-state index contributed by atoms with van der Waals surface area (Å²) >= 11 is 1.21. The summed E-state index contributed by atoms with van der Waals surface area (Å²) < 4.78 is 7.26. The Morgan fingerprint density at radius 2 is 2.33 bits per heavy atom. The van der Waals surface area contributed by atoms with Crippen molar-refractivity contribution in [2.45, 2.75) is 43.5 Å². The maximum atomic E-state index is 10.6. The molecule has 1 heterocycles. The highest BCUT2D eigenvalue weighted by Gasteiger charge is 2.30. The summed E-state index contributed by atoms with van der Waals surface area (Å²) in [5.41, 5.74) is 0. The van der Waals surface area contributed by atoms with Gasteiger partial charge in [0.2, 0.25) is 0 Å². The van der Waals surface area contributed by atoms with Gasteiger partial charge in [0, 0.05) is 13.0 Å². The third kappa shape index (κ3) is 3.23. The fraction of sp³-hybridized carbons (Fsp3) is 0.727. The van der Waals surface area contributed by atoms with E-state index in [4.69, 9.17) is 9.84 Å². The van der Waals surface area contributed by atoms with Crippen LogP contribution in [-0.4, -0.2) is 44.8 Å². The number of aromatic nitrogens is 3. The molecule has 1 aliphatic carbocycles. The second kappa shape index (κ2) is 5.71. The quantitative estimate of drug-likeness (QED) is 0.755. The molecule has 7 heteroatoms. The van der Waals surface area contributed by atoms with E-state index in [1.165, 1.54) is 11.8 Å². The molecule has 1 atom stereocenters. The van der Waals surface area contributed by atoms with Crippen molar-refractivity contribution in [3.05, 3.63) is 5.82 Å². The minimum absolute atomic E-state index is 0.00413. The van der Waals surface area contributed by atoms with Gasteiger partial charge in [0.25, 0.3) is 0 Å². The topological polar surface area (TPSA) is 77.2 Å². The van der Waals surface area contributed by atoms with Gasteiger partial charge in [0.05, 0.1) is 18.4 Å². The fourth-order valence-electron chi connectivity index (χ4n) is 1.68. The summed E-state index contributed by atoms with van der Waals surface area (Å²) in [6.45, 7) is 2.64. The first-order valence-electron chi connectivity index (χ1n) is 5.92. The molecule has 1 saturated carbocycles. The lowest BCUT2D eigenvalue weighted by molar-refractivity contribution is -0.133. The SMILES string of the molecule is COC(C)Cn1c(SCC(=O)O)nnc1C1CC1. The molecule has 1 aromatic heterocycles. The molecule has 1 aromatic rings. The monoisotopic (exact) mass is 271 g/mol. The number of thioether (sulfide) groups is 1. The van der Waals surface area contributed by atoms with Crippen molar-refractivity contribution in [3.8, 4) is 0 Å². The van der Waals surface area contributed by atoms with E-state index in [1.807, 2.05) is 11.5 Å². The first-order valence-corrected chi connectivity index (χ1v) is 6.91. The Hall–Kier alpha value is -1.08. The van der Waals surface area contributed by atoms with Crippen molar-refractivity contribution in [1.29, 1.82) is 0 Å². The van der Waals surface area contributed by atoms with Gasteiger partial charge >= 0.3 is 5.97 Å². The average Bonchev–Trinajstić information content (AvgIpc) is 3.10. The number of ether oxygens (including phenoxy) is 1. The van der Waals surface area contributed by atoms with Crippen LogP contribution in [0.5, 0.6) is 0 Å². The molecule has 0 bridgehead atoms. The van der Waals surface area contributed by atoms with Crippen LogP contribution in [0.2, 0.25) is 0 Å². The Morgan fingerprint density at radius 3 is 2.89 bits per heavy atom. The number of hydrogen-bond donors (Lipinski definition) is 1. The van der Waals surface area contributed by atoms with Crippen molar-refractivity contribution in [1.82, 2.24) is 14.8 Å². The van der Waals surface area contributed by atoms with E-state index in [9.17, 15) is 4.79 Å². The molecule has 100 valence electrons. The molecule has 1 aliphatic rings. The number of carbonyl (C=O) groups is 1. The van der Waals surface area contributed by atoms with Crippen LogP contribution in [0.1, 0.15) is 31.5 Å². The zero-order valence-electron chi connectivity index (χ0n) is 10.5. The van der Waals surface area contributed by atoms with E-state index in [0.29, 0.717) is 17.6 Å². The Labute approximate surface area is 110 Å². The molecule has 0 aliphatic heterocycles. The van der Waals surface area contributed by atoms with Crippen LogP contribution in [0.4, 0.5) is 0 Å². The molecule has 0 radical (unpaired) electrons. The number of carboxylic acids is 1. The third-order valence-corrected chi connectivity index (χ3v) is 3.81. The minimum Gasteiger partial charge on any atom is -0.481 e. The number of aliphatic carboxylic acids is 1. The summed E-state index contributed by atoms with van der Waals surface area (Å²) in [6, 6.07) is 0. The molecule has 2 rings (SSSR count). The van der Waals surface area contributed by atoms with Crippen LogP contribution < -0.4 is 0 Å². The van der Waals surface area contributed by atoms with Gasteiger partial charge in [-0.15, -0.1) is 10.2 Å². The minimum atomic E-state index is -0.845. The lowest BCUT2D eigenvalue weighted by Gasteiger charge is -2.14. The molecule has 1 unspecified atom stereocenters. The molecule has 6 nitrogen and oxygen atoms in total. The van der Waals surface area contributed by atoms with E-state index < -0.39 is 5.97 Å². The molecular formula is C11H17N3O3S. The van der Waals surface area contributed by atoms with Crippen LogP contribution in [-0.2, 0) is 16.1 Å². The lowest BCUT2D eigenvalue weighted by atomic mass is 10.3. The third-order valence-electron chi connectivity index (χ3n) is 2.85. The van der Waals surface area contributed by atoms with E-state index in [-0.39, 0.29) is 11.9 Å². The first kappa shape index (κ1) is 13.4. The van der Waals surface area contributed by atoms with E-state index in [0.717, 1.165) is 18.7 Å². The highest BCUT2D eigenvalue weighted by Crippen LogP contribution is 2.40. The Balaban J connectivity index is 2.14. The van der Waals surface area contributed by atoms with E-state index in [1.54, 1.807) is 7.11 Å². The van der Waals surface area contributed by atoms with Crippen LogP contribution in [0.3, 0.4) is 0 Å². The first-order chi connectivity index (χ1) is 8.61. The van der Waals surface area contributed by atoms with Crippen molar-refractivity contribution in [2.24, 2.45) is 0 Å². The van der Waals surface area contributed by atoms with E-state index in [2.05, 4.69) is 10.2 Å². The van der Waals surface area contributed by atoms with Gasteiger partial charge in [-0.1, -0.05) is 11.8 Å². The van der Waals surface area contributed by atoms with Gasteiger partial charge in [-0.3, -0.25) is 4.79 Å². The zero-order valence-corrected chi connectivity index (χ0v) is 11.3. The molecule has 18 heavy (non-hydrogen) atoms. The summed E-state index contributed by atoms with van der Waals surface area (Å²) in [4.78, 5) is 10.6. The summed E-state index contributed by atoms with van der Waals surface area (Å²) in [5.74, 6) is 0.610. The maximum Gasteiger partial charge on any atom is 0.313 e. The molecular weight excluding hydrogens is 254 g/mol. The molecule has 0 spiro atoms. The van der Waals surface area contributed by atoms with Gasteiger partial charge in [-0.2, -0.15) is 0 Å². The summed E-state index contributed by atoms with van der Waals surface area (Å²) in [7, 11) is 1.66. The Bertz CT molecular complexity index is 431. The number of carboxylic acid groups (broad SMARTS) is 1. The van der Waals surface area contributed by atoms with Crippen LogP contribution in [0, 0.1) is 0 Å². The largest absolute Gasteiger partial charge is 0.481 e. The molecule has 0 amide bonds. The molecule has 1 N–H and O–H groups in total. The van der Waals surface area contributed by atoms with Gasteiger partial charge in [-0.25, -0.2) is 0 Å². The van der Waals surface area contributed by atoms with Crippen molar-refractivity contribution >= 4 is 17.7 Å². The lowest BCUT2D eigenvalue weighted by Crippen LogP contribution is -2.17. The smallest absolute Gasteiger partial charge is 0.313 e. The Kier molecular flexibility index (Phi) is 4.23. The Morgan fingerprint density at radius 1 is 1.61 bits per heavy atom. The van der Waals surface area contributed by atoms with Crippen LogP contribution in [0.15, 0.2) is 5.16 Å². The number of hydrogen-bond acceptors (Lipinski definition) is 5. The molecule has 1 fully saturated rings. The van der Waals surface area contributed by atoms with Gasteiger partial charge < -0.3 is 14.4 Å². The fourth-order valence-corrected chi connectivity index (χ4v) is 2.35. The highest BCUT2D eigenvalue weighted by atomic mass is 32.2. The van der Waals surface area contributed by atoms with Crippen LogP contribution >= 0.6 is 11.8 Å². The second-order valence-electron chi connectivity index (χ2n) is 4.45. The summed E-state index contributed by atoms with van der Waals surface area (Å²) in [6.07, 6.45) is 2.34. The zero-order chi connectivity index (χ0) is 13.1. The van der Waals surface area contributed by atoms with Crippen molar-refractivity contribution < 1.29 is 14.6 Å². The maximum absolute atomic E-state index is 10.6. The molecule has 0 aromatic carbocycles. The predicted octanol–water partition coefficient (Wildman–Crippen LogP) is 1.37. The normalized spacial score (nSPS) is 16.8.